The predicted molar refractivity (Wildman–Crippen MR) is 166 cm³/mol. The molecule has 0 saturated carbocycles. The minimum atomic E-state index is 0.103. The first-order chi connectivity index (χ1) is 18.2. The highest BCUT2D eigenvalue weighted by atomic mass is 35.5. The maximum atomic E-state index is 6.03. The van der Waals surface area contributed by atoms with Crippen LogP contribution in [0.1, 0.15) is 44.5 Å². The van der Waals surface area contributed by atoms with Crippen molar-refractivity contribution in [3.05, 3.63) is 117 Å². The molecule has 0 aliphatic rings. The molecular weight excluding hydrogens is 486 g/mol. The highest BCUT2D eigenvalue weighted by Gasteiger charge is 2.12. The van der Waals surface area contributed by atoms with Gasteiger partial charge < -0.3 is 0 Å². The van der Waals surface area contributed by atoms with Crippen LogP contribution in [-0.2, 0) is 0 Å². The van der Waals surface area contributed by atoms with E-state index < -0.39 is 0 Å². The Labute approximate surface area is 231 Å². The van der Waals surface area contributed by atoms with Gasteiger partial charge in [0.2, 0.25) is 0 Å². The second kappa shape index (κ2) is 11.7. The minimum absolute atomic E-state index is 0.103. The Morgan fingerprint density at radius 1 is 0.605 bits per heavy atom. The Morgan fingerprint density at radius 3 is 1.32 bits per heavy atom. The molecule has 4 heteroatoms. The van der Waals surface area contributed by atoms with Gasteiger partial charge in [0, 0.05) is 11.1 Å². The molecule has 4 aromatic carbocycles. The fourth-order valence-electron chi connectivity index (χ4n) is 5.38. The Hall–Kier alpha value is -3.82. The molecule has 4 rings (SSSR count). The summed E-state index contributed by atoms with van der Waals surface area (Å²) >= 11 is 6.03. The molecule has 0 radical (unpaired) electrons. The lowest BCUT2D eigenvalue weighted by atomic mass is 9.93. The van der Waals surface area contributed by atoms with Gasteiger partial charge in [-0.15, -0.1) is 11.6 Å². The zero-order valence-electron chi connectivity index (χ0n) is 23.1. The fraction of sp³-hybridized carbons (Fsp3) is 0.206. The number of benzene rings is 4. The van der Waals surface area contributed by atoms with Crippen LogP contribution >= 0.6 is 11.6 Å². The SMILES string of the molecule is C=NC(=NC(=NCCl)c1ccc(-c2c(C)cc(C)cc2C)cc1)c1ccc(-c2c(C)cc(C)cc2C)cc1. The van der Waals surface area contributed by atoms with Crippen LogP contribution in [0.2, 0.25) is 0 Å². The first kappa shape index (κ1) is 27.2. The zero-order valence-corrected chi connectivity index (χ0v) is 23.8. The van der Waals surface area contributed by atoms with E-state index in [4.69, 9.17) is 16.6 Å². The molecule has 0 saturated heterocycles. The highest BCUT2D eigenvalue weighted by molar-refractivity contribution is 6.19. The molecule has 0 spiro atoms. The summed E-state index contributed by atoms with van der Waals surface area (Å²) in [6, 6.07) is 25.6. The molecule has 0 aliphatic carbocycles. The fourth-order valence-corrected chi connectivity index (χ4v) is 5.50. The van der Waals surface area contributed by atoms with Crippen molar-refractivity contribution in [3.8, 4) is 22.3 Å². The van der Waals surface area contributed by atoms with Crippen LogP contribution in [0.5, 0.6) is 0 Å². The summed E-state index contributed by atoms with van der Waals surface area (Å²) in [6.45, 7) is 16.7. The van der Waals surface area contributed by atoms with Crippen molar-refractivity contribution in [1.29, 1.82) is 0 Å². The van der Waals surface area contributed by atoms with Gasteiger partial charge in [0.05, 0.1) is 0 Å². The lowest BCUT2D eigenvalue weighted by molar-refractivity contribution is 1.31. The lowest BCUT2D eigenvalue weighted by Gasteiger charge is -2.13. The van der Waals surface area contributed by atoms with Crippen LogP contribution in [0, 0.1) is 41.5 Å². The van der Waals surface area contributed by atoms with Gasteiger partial charge >= 0.3 is 0 Å². The minimum Gasteiger partial charge on any atom is -0.250 e. The molecule has 0 bridgehead atoms. The summed E-state index contributed by atoms with van der Waals surface area (Å²) < 4.78 is 0. The topological polar surface area (TPSA) is 37.1 Å². The summed E-state index contributed by atoms with van der Waals surface area (Å²) in [4.78, 5) is 13.5. The normalized spacial score (nSPS) is 12.1. The molecular formula is C34H34ClN3. The summed E-state index contributed by atoms with van der Waals surface area (Å²) in [5, 5.41) is 0. The number of halogens is 1. The van der Waals surface area contributed by atoms with Gasteiger partial charge in [-0.1, -0.05) is 83.9 Å². The Bertz CT molecular complexity index is 1500. The van der Waals surface area contributed by atoms with E-state index in [1.54, 1.807) is 0 Å². The molecule has 0 heterocycles. The van der Waals surface area contributed by atoms with Crippen molar-refractivity contribution < 1.29 is 0 Å². The third kappa shape index (κ3) is 5.84. The summed E-state index contributed by atoms with van der Waals surface area (Å²) in [5.41, 5.74) is 14.2. The summed E-state index contributed by atoms with van der Waals surface area (Å²) in [5.74, 6) is 1.03. The first-order valence-electron chi connectivity index (χ1n) is 12.7. The number of rotatable bonds is 5. The van der Waals surface area contributed by atoms with E-state index in [2.05, 4.69) is 107 Å². The number of aryl methyl sites for hydroxylation is 6. The number of hydrogen-bond acceptors (Lipinski definition) is 1. The monoisotopic (exact) mass is 519 g/mol. The van der Waals surface area contributed by atoms with Crippen molar-refractivity contribution in [2.45, 2.75) is 41.5 Å². The number of hydrogen-bond donors (Lipinski definition) is 0. The number of nitrogens with zero attached hydrogens (tertiary/aromatic N) is 3. The molecule has 0 atom stereocenters. The second-order valence-electron chi connectivity index (χ2n) is 9.90. The number of alkyl halides is 1. The maximum Gasteiger partial charge on any atom is 0.161 e. The molecule has 0 aliphatic heterocycles. The maximum absolute atomic E-state index is 6.03. The number of aliphatic imine (C=N–C) groups is 3. The lowest BCUT2D eigenvalue weighted by Crippen LogP contribution is -2.05. The Kier molecular flexibility index (Phi) is 8.38. The van der Waals surface area contributed by atoms with Crippen LogP contribution in [-0.4, -0.2) is 24.4 Å². The zero-order chi connectivity index (χ0) is 27.4. The van der Waals surface area contributed by atoms with Crippen LogP contribution in [0.3, 0.4) is 0 Å². The van der Waals surface area contributed by atoms with Gasteiger partial charge in [-0.05, 0) is 92.8 Å². The van der Waals surface area contributed by atoms with Crippen molar-refractivity contribution in [2.75, 3.05) is 6.00 Å². The molecule has 0 N–H and O–H groups in total. The van der Waals surface area contributed by atoms with E-state index >= 15 is 0 Å². The van der Waals surface area contributed by atoms with Gasteiger partial charge in [-0.2, -0.15) is 0 Å². The van der Waals surface area contributed by atoms with Crippen LogP contribution in [0.4, 0.5) is 0 Å². The molecule has 38 heavy (non-hydrogen) atoms. The van der Waals surface area contributed by atoms with E-state index in [9.17, 15) is 0 Å². The van der Waals surface area contributed by atoms with Gasteiger partial charge in [0.25, 0.3) is 0 Å². The molecule has 192 valence electrons. The van der Waals surface area contributed by atoms with Gasteiger partial charge in [0.1, 0.15) is 6.00 Å². The summed E-state index contributed by atoms with van der Waals surface area (Å²) in [6.07, 6.45) is 0. The van der Waals surface area contributed by atoms with Crippen LogP contribution in [0.25, 0.3) is 22.3 Å². The molecule has 0 aromatic heterocycles. The van der Waals surface area contributed by atoms with E-state index in [1.807, 2.05) is 24.3 Å². The Balaban J connectivity index is 1.66. The molecule has 0 amide bonds. The van der Waals surface area contributed by atoms with Crippen molar-refractivity contribution in [1.82, 2.24) is 0 Å². The average Bonchev–Trinajstić information content (AvgIpc) is 2.86. The van der Waals surface area contributed by atoms with Crippen molar-refractivity contribution in [3.63, 3.8) is 0 Å². The first-order valence-corrected chi connectivity index (χ1v) is 13.3. The van der Waals surface area contributed by atoms with E-state index in [-0.39, 0.29) is 6.00 Å². The van der Waals surface area contributed by atoms with Crippen molar-refractivity contribution in [2.24, 2.45) is 15.0 Å². The van der Waals surface area contributed by atoms with Gasteiger partial charge in [0.15, 0.2) is 11.7 Å². The summed E-state index contributed by atoms with van der Waals surface area (Å²) in [7, 11) is 0. The average molecular weight is 520 g/mol. The van der Waals surface area contributed by atoms with Crippen molar-refractivity contribution >= 4 is 30.0 Å². The van der Waals surface area contributed by atoms with E-state index in [0.29, 0.717) is 11.7 Å². The van der Waals surface area contributed by atoms with Gasteiger partial charge in [-0.3, -0.25) is 0 Å². The quantitative estimate of drug-likeness (QED) is 0.109. The van der Waals surface area contributed by atoms with Gasteiger partial charge in [-0.25, -0.2) is 15.0 Å². The van der Waals surface area contributed by atoms with Crippen LogP contribution in [0.15, 0.2) is 87.8 Å². The number of amidine groups is 2. The molecule has 0 unspecified atom stereocenters. The standard InChI is InChI=1S/C34H34ClN3/c1-21-16-23(3)31(24(4)17-21)27-8-12-29(13-9-27)33(36-7)38-34(37-20-35)30-14-10-28(11-15-30)32-25(5)18-22(2)19-26(32)6/h8-19H,7,20H2,1-6H3. The second-order valence-corrected chi connectivity index (χ2v) is 10.1. The smallest absolute Gasteiger partial charge is 0.161 e. The van der Waals surface area contributed by atoms with E-state index in [1.165, 1.54) is 50.1 Å². The van der Waals surface area contributed by atoms with E-state index in [0.717, 1.165) is 16.7 Å². The molecule has 0 fully saturated rings. The highest BCUT2D eigenvalue weighted by Crippen LogP contribution is 2.30. The third-order valence-corrected chi connectivity index (χ3v) is 6.91. The van der Waals surface area contributed by atoms with Crippen LogP contribution < -0.4 is 0 Å². The Morgan fingerprint density at radius 2 is 0.974 bits per heavy atom. The molecule has 3 nitrogen and oxygen atoms in total. The molecule has 4 aromatic rings. The predicted octanol–water partition coefficient (Wildman–Crippen LogP) is 8.96. The third-order valence-electron chi connectivity index (χ3n) is 6.79. The largest absolute Gasteiger partial charge is 0.250 e.